The van der Waals surface area contributed by atoms with E-state index < -0.39 is 25.1 Å². The third-order valence-corrected chi connectivity index (χ3v) is 2.60. The Morgan fingerprint density at radius 2 is 2.06 bits per heavy atom. The van der Waals surface area contributed by atoms with Crippen LogP contribution in [0.5, 0.6) is 5.75 Å². The van der Waals surface area contributed by atoms with E-state index in [1.165, 1.54) is 25.3 Å². The summed E-state index contributed by atoms with van der Waals surface area (Å²) in [6.07, 6.45) is -6.96. The molecule has 1 aromatic carbocycles. The lowest BCUT2D eigenvalue weighted by Crippen LogP contribution is -2.10. The second kappa shape index (κ2) is 5.60. The molecular weight excluding hydrogens is 257 g/mol. The summed E-state index contributed by atoms with van der Waals surface area (Å²) in [5, 5.41) is 9.80. The minimum atomic E-state index is -4.28. The SMILES string of the molecule is COc1ccc(C(O)CCC(F)(F)F)c(Cl)c1. The van der Waals surface area contributed by atoms with Crippen LogP contribution in [-0.4, -0.2) is 18.4 Å². The minimum absolute atomic E-state index is 0.194. The second-order valence-corrected chi connectivity index (χ2v) is 3.96. The smallest absolute Gasteiger partial charge is 0.389 e. The van der Waals surface area contributed by atoms with Crippen molar-refractivity contribution in [3.05, 3.63) is 28.8 Å². The van der Waals surface area contributed by atoms with E-state index in [2.05, 4.69) is 0 Å². The summed E-state index contributed by atoms with van der Waals surface area (Å²) in [6, 6.07) is 4.45. The van der Waals surface area contributed by atoms with Crippen molar-refractivity contribution in [2.45, 2.75) is 25.1 Å². The lowest BCUT2D eigenvalue weighted by molar-refractivity contribution is -0.140. The molecule has 0 aliphatic carbocycles. The van der Waals surface area contributed by atoms with E-state index in [4.69, 9.17) is 16.3 Å². The highest BCUT2D eigenvalue weighted by Crippen LogP contribution is 2.32. The van der Waals surface area contributed by atoms with Crippen molar-refractivity contribution in [3.63, 3.8) is 0 Å². The van der Waals surface area contributed by atoms with Crippen LogP contribution in [0, 0.1) is 0 Å². The Hall–Kier alpha value is -0.940. The molecule has 0 saturated carbocycles. The van der Waals surface area contributed by atoms with Gasteiger partial charge in [0.05, 0.1) is 18.2 Å². The van der Waals surface area contributed by atoms with Gasteiger partial charge in [-0.1, -0.05) is 17.7 Å². The highest BCUT2D eigenvalue weighted by atomic mass is 35.5. The second-order valence-electron chi connectivity index (χ2n) is 3.56. The molecular formula is C11H12ClF3O2. The summed E-state index contributed by atoms with van der Waals surface area (Å²) < 4.78 is 40.9. The molecule has 0 radical (unpaired) electrons. The first-order chi connectivity index (χ1) is 7.83. The molecule has 0 aromatic heterocycles. The van der Waals surface area contributed by atoms with Gasteiger partial charge in [-0.15, -0.1) is 0 Å². The van der Waals surface area contributed by atoms with Gasteiger partial charge in [-0.2, -0.15) is 13.2 Å². The summed E-state index contributed by atoms with van der Waals surface area (Å²) in [6.45, 7) is 0. The fraction of sp³-hybridized carbons (Fsp3) is 0.455. The first-order valence-corrected chi connectivity index (χ1v) is 5.29. The van der Waals surface area contributed by atoms with Gasteiger partial charge in [0.25, 0.3) is 0 Å². The van der Waals surface area contributed by atoms with Crippen LogP contribution in [0.15, 0.2) is 18.2 Å². The van der Waals surface area contributed by atoms with Crippen molar-refractivity contribution in [2.75, 3.05) is 7.11 Å². The largest absolute Gasteiger partial charge is 0.497 e. The van der Waals surface area contributed by atoms with E-state index in [0.29, 0.717) is 5.75 Å². The number of aliphatic hydroxyl groups is 1. The van der Waals surface area contributed by atoms with Gasteiger partial charge in [0.2, 0.25) is 0 Å². The predicted octanol–water partition coefficient (Wildman–Crippen LogP) is 3.72. The molecule has 1 atom stereocenters. The zero-order valence-electron chi connectivity index (χ0n) is 9.09. The minimum Gasteiger partial charge on any atom is -0.497 e. The Morgan fingerprint density at radius 1 is 1.41 bits per heavy atom. The normalized spacial score (nSPS) is 13.5. The maximum absolute atomic E-state index is 12.0. The van der Waals surface area contributed by atoms with Crippen LogP contribution in [0.3, 0.4) is 0 Å². The van der Waals surface area contributed by atoms with Crippen LogP contribution in [0.4, 0.5) is 13.2 Å². The maximum atomic E-state index is 12.0. The molecule has 0 bridgehead atoms. The number of ether oxygens (including phenoxy) is 1. The van der Waals surface area contributed by atoms with Crippen molar-refractivity contribution in [3.8, 4) is 5.75 Å². The van der Waals surface area contributed by atoms with E-state index >= 15 is 0 Å². The van der Waals surface area contributed by atoms with Crippen molar-refractivity contribution in [1.29, 1.82) is 0 Å². The molecule has 0 amide bonds. The van der Waals surface area contributed by atoms with Crippen molar-refractivity contribution >= 4 is 11.6 Å². The van der Waals surface area contributed by atoms with Crippen LogP contribution < -0.4 is 4.74 Å². The van der Waals surface area contributed by atoms with Crippen molar-refractivity contribution < 1.29 is 23.0 Å². The van der Waals surface area contributed by atoms with Crippen LogP contribution in [-0.2, 0) is 0 Å². The molecule has 2 nitrogen and oxygen atoms in total. The molecule has 0 aliphatic rings. The van der Waals surface area contributed by atoms with Crippen LogP contribution in [0.1, 0.15) is 24.5 Å². The Bertz CT molecular complexity index is 379. The van der Waals surface area contributed by atoms with Crippen LogP contribution >= 0.6 is 11.6 Å². The van der Waals surface area contributed by atoms with Crippen LogP contribution in [0.2, 0.25) is 5.02 Å². The molecule has 96 valence electrons. The number of rotatable bonds is 4. The van der Waals surface area contributed by atoms with Crippen LogP contribution in [0.25, 0.3) is 0 Å². The number of hydrogen-bond acceptors (Lipinski definition) is 2. The molecule has 0 aliphatic heterocycles. The molecule has 1 N–H and O–H groups in total. The molecule has 0 fully saturated rings. The fourth-order valence-corrected chi connectivity index (χ4v) is 1.66. The van der Waals surface area contributed by atoms with Gasteiger partial charge < -0.3 is 9.84 Å². The summed E-state index contributed by atoms with van der Waals surface area (Å²) in [5.74, 6) is 0.488. The average molecular weight is 269 g/mol. The number of methoxy groups -OCH3 is 1. The standard InChI is InChI=1S/C11H12ClF3O2/c1-17-7-2-3-8(9(12)6-7)10(16)4-5-11(13,14)15/h2-3,6,10,16H,4-5H2,1H3. The Labute approximate surface area is 102 Å². The number of alkyl halides is 3. The summed E-state index contributed by atoms with van der Waals surface area (Å²) >= 11 is 5.83. The predicted molar refractivity (Wildman–Crippen MR) is 58.3 cm³/mol. The number of aliphatic hydroxyl groups excluding tert-OH is 1. The van der Waals surface area contributed by atoms with Crippen molar-refractivity contribution in [1.82, 2.24) is 0 Å². The molecule has 0 saturated heterocycles. The Kier molecular flexibility index (Phi) is 4.65. The molecule has 17 heavy (non-hydrogen) atoms. The molecule has 0 heterocycles. The molecule has 1 aromatic rings. The number of halogens is 4. The zero-order chi connectivity index (χ0) is 13.1. The van der Waals surface area contributed by atoms with E-state index in [1.807, 2.05) is 0 Å². The average Bonchev–Trinajstić information content (AvgIpc) is 2.24. The van der Waals surface area contributed by atoms with Gasteiger partial charge in [0, 0.05) is 6.42 Å². The third kappa shape index (κ3) is 4.44. The summed E-state index contributed by atoms with van der Waals surface area (Å²) in [7, 11) is 1.45. The third-order valence-electron chi connectivity index (χ3n) is 2.27. The highest BCUT2D eigenvalue weighted by Gasteiger charge is 2.28. The molecule has 6 heteroatoms. The number of hydrogen-bond donors (Lipinski definition) is 1. The molecule has 0 spiro atoms. The summed E-state index contributed by atoms with van der Waals surface area (Å²) in [5.41, 5.74) is 0.275. The van der Waals surface area contributed by atoms with E-state index in [9.17, 15) is 18.3 Å². The van der Waals surface area contributed by atoms with E-state index in [0.717, 1.165) is 0 Å². The van der Waals surface area contributed by atoms with E-state index in [1.54, 1.807) is 0 Å². The van der Waals surface area contributed by atoms with Gasteiger partial charge in [0.1, 0.15) is 5.75 Å². The zero-order valence-corrected chi connectivity index (χ0v) is 9.85. The first-order valence-electron chi connectivity index (χ1n) is 4.92. The van der Waals surface area contributed by atoms with Gasteiger partial charge in [-0.05, 0) is 24.1 Å². The molecule has 1 unspecified atom stereocenters. The number of benzene rings is 1. The fourth-order valence-electron chi connectivity index (χ4n) is 1.36. The monoisotopic (exact) mass is 268 g/mol. The first kappa shape index (κ1) is 14.1. The Morgan fingerprint density at radius 3 is 2.53 bits per heavy atom. The van der Waals surface area contributed by atoms with Gasteiger partial charge >= 0.3 is 6.18 Å². The lowest BCUT2D eigenvalue weighted by atomic mass is 10.0. The summed E-state index contributed by atoms with van der Waals surface area (Å²) in [4.78, 5) is 0. The molecule has 1 rings (SSSR count). The topological polar surface area (TPSA) is 29.5 Å². The lowest BCUT2D eigenvalue weighted by Gasteiger charge is -2.14. The highest BCUT2D eigenvalue weighted by molar-refractivity contribution is 6.31. The van der Waals surface area contributed by atoms with E-state index in [-0.39, 0.29) is 10.6 Å². The quantitative estimate of drug-likeness (QED) is 0.902. The van der Waals surface area contributed by atoms with Gasteiger partial charge in [-0.3, -0.25) is 0 Å². The van der Waals surface area contributed by atoms with Gasteiger partial charge in [-0.25, -0.2) is 0 Å². The van der Waals surface area contributed by atoms with Gasteiger partial charge in [0.15, 0.2) is 0 Å². The van der Waals surface area contributed by atoms with Crippen molar-refractivity contribution in [2.24, 2.45) is 0 Å². The maximum Gasteiger partial charge on any atom is 0.389 e. The Balaban J connectivity index is 2.72.